The Balaban J connectivity index is 2.55. The van der Waals surface area contributed by atoms with Crippen molar-refractivity contribution in [1.82, 2.24) is 5.32 Å². The molecule has 0 aromatic heterocycles. The number of aliphatic carboxylic acids is 1. The van der Waals surface area contributed by atoms with E-state index in [4.69, 9.17) is 21.4 Å². The minimum atomic E-state index is -0.978. The molecule has 0 aliphatic rings. The SMILES string of the molecule is COC(CNC(=O)c1ccccc1Cl)CC(=O)O. The van der Waals surface area contributed by atoms with E-state index in [1.54, 1.807) is 24.3 Å². The largest absolute Gasteiger partial charge is 0.481 e. The van der Waals surface area contributed by atoms with Gasteiger partial charge in [0, 0.05) is 13.7 Å². The van der Waals surface area contributed by atoms with Gasteiger partial charge in [0.2, 0.25) is 0 Å². The van der Waals surface area contributed by atoms with Crippen molar-refractivity contribution in [3.8, 4) is 0 Å². The third-order valence-corrected chi connectivity index (χ3v) is 2.67. The third kappa shape index (κ3) is 4.35. The Morgan fingerprint density at radius 3 is 2.67 bits per heavy atom. The van der Waals surface area contributed by atoms with E-state index in [-0.39, 0.29) is 18.9 Å². The molecule has 0 aliphatic carbocycles. The molecule has 1 atom stereocenters. The second-order valence-corrected chi connectivity index (χ2v) is 4.05. The Labute approximate surface area is 110 Å². The Kier molecular flexibility index (Phi) is 5.61. The minimum absolute atomic E-state index is 0.118. The van der Waals surface area contributed by atoms with Gasteiger partial charge in [-0.05, 0) is 12.1 Å². The van der Waals surface area contributed by atoms with Gasteiger partial charge in [-0.3, -0.25) is 9.59 Å². The summed E-state index contributed by atoms with van der Waals surface area (Å²) in [6, 6.07) is 6.63. The zero-order valence-electron chi connectivity index (χ0n) is 9.85. The van der Waals surface area contributed by atoms with Crippen LogP contribution in [0, 0.1) is 0 Å². The van der Waals surface area contributed by atoms with Crippen molar-refractivity contribution >= 4 is 23.5 Å². The van der Waals surface area contributed by atoms with Gasteiger partial charge < -0.3 is 15.2 Å². The number of benzene rings is 1. The van der Waals surface area contributed by atoms with E-state index in [0.29, 0.717) is 10.6 Å². The van der Waals surface area contributed by atoms with Gasteiger partial charge in [-0.25, -0.2) is 0 Å². The van der Waals surface area contributed by atoms with E-state index >= 15 is 0 Å². The predicted octanol–water partition coefficient (Wildman–Crippen LogP) is 1.56. The fraction of sp³-hybridized carbons (Fsp3) is 0.333. The number of methoxy groups -OCH3 is 1. The zero-order valence-corrected chi connectivity index (χ0v) is 10.6. The molecule has 1 unspecified atom stereocenters. The molecule has 5 nitrogen and oxygen atoms in total. The molecule has 0 bridgehead atoms. The lowest BCUT2D eigenvalue weighted by atomic mass is 10.2. The molecule has 0 fully saturated rings. The summed E-state index contributed by atoms with van der Waals surface area (Å²) in [5.74, 6) is -1.33. The van der Waals surface area contributed by atoms with E-state index < -0.39 is 12.1 Å². The van der Waals surface area contributed by atoms with Crippen LogP contribution < -0.4 is 5.32 Å². The minimum Gasteiger partial charge on any atom is -0.481 e. The number of carboxylic acids is 1. The Hall–Kier alpha value is -1.59. The fourth-order valence-electron chi connectivity index (χ4n) is 1.38. The summed E-state index contributed by atoms with van der Waals surface area (Å²) in [5, 5.41) is 11.6. The van der Waals surface area contributed by atoms with Gasteiger partial charge in [0.25, 0.3) is 5.91 Å². The number of carbonyl (C=O) groups is 2. The molecule has 2 N–H and O–H groups in total. The van der Waals surface area contributed by atoms with Crippen LogP contribution in [0.3, 0.4) is 0 Å². The average molecular weight is 272 g/mol. The number of amides is 1. The predicted molar refractivity (Wildman–Crippen MR) is 66.8 cm³/mol. The first-order chi connectivity index (χ1) is 8.54. The highest BCUT2D eigenvalue weighted by Gasteiger charge is 2.15. The van der Waals surface area contributed by atoms with Gasteiger partial charge in [-0.1, -0.05) is 23.7 Å². The standard InChI is InChI=1S/C12H14ClNO4/c1-18-8(6-11(15)16)7-14-12(17)9-4-2-3-5-10(9)13/h2-5,8H,6-7H2,1H3,(H,14,17)(H,15,16). The highest BCUT2D eigenvalue weighted by Crippen LogP contribution is 2.14. The maximum absolute atomic E-state index is 11.8. The van der Waals surface area contributed by atoms with Crippen LogP contribution in [0.1, 0.15) is 16.8 Å². The number of hydrogen-bond donors (Lipinski definition) is 2. The maximum atomic E-state index is 11.8. The van der Waals surface area contributed by atoms with Gasteiger partial charge in [-0.2, -0.15) is 0 Å². The van der Waals surface area contributed by atoms with E-state index in [1.165, 1.54) is 7.11 Å². The number of halogens is 1. The monoisotopic (exact) mass is 271 g/mol. The van der Waals surface area contributed by atoms with Crippen molar-refractivity contribution in [2.45, 2.75) is 12.5 Å². The lowest BCUT2D eigenvalue weighted by Crippen LogP contribution is -2.34. The average Bonchev–Trinajstić information content (AvgIpc) is 2.34. The third-order valence-electron chi connectivity index (χ3n) is 2.34. The molecule has 0 radical (unpaired) electrons. The molecule has 1 amide bonds. The summed E-state index contributed by atoms with van der Waals surface area (Å²) in [4.78, 5) is 22.3. The van der Waals surface area contributed by atoms with Crippen LogP contribution in [0.25, 0.3) is 0 Å². The summed E-state index contributed by atoms with van der Waals surface area (Å²) in [7, 11) is 1.40. The number of nitrogens with one attached hydrogen (secondary N) is 1. The molecule has 1 rings (SSSR count). The second kappa shape index (κ2) is 6.98. The number of ether oxygens (including phenoxy) is 1. The first-order valence-electron chi connectivity index (χ1n) is 5.32. The number of carboxylic acid groups (broad SMARTS) is 1. The van der Waals surface area contributed by atoms with Crippen LogP contribution >= 0.6 is 11.6 Å². The van der Waals surface area contributed by atoms with Crippen molar-refractivity contribution < 1.29 is 19.4 Å². The molecule has 98 valence electrons. The fourth-order valence-corrected chi connectivity index (χ4v) is 1.60. The van der Waals surface area contributed by atoms with Gasteiger partial charge in [0.1, 0.15) is 0 Å². The molecule has 0 saturated heterocycles. The summed E-state index contributed by atoms with van der Waals surface area (Å²) < 4.78 is 4.95. The van der Waals surface area contributed by atoms with Crippen LogP contribution in [0.4, 0.5) is 0 Å². The first kappa shape index (κ1) is 14.5. The Bertz CT molecular complexity index is 436. The van der Waals surface area contributed by atoms with Crippen molar-refractivity contribution in [2.24, 2.45) is 0 Å². The van der Waals surface area contributed by atoms with Crippen LogP contribution in [0.15, 0.2) is 24.3 Å². The smallest absolute Gasteiger partial charge is 0.306 e. The Morgan fingerprint density at radius 1 is 1.44 bits per heavy atom. The molecule has 6 heteroatoms. The summed E-state index contributed by atoms with van der Waals surface area (Å²) in [6.45, 7) is 0.118. The molecule has 0 aliphatic heterocycles. The maximum Gasteiger partial charge on any atom is 0.306 e. The van der Waals surface area contributed by atoms with Crippen LogP contribution in [-0.2, 0) is 9.53 Å². The van der Waals surface area contributed by atoms with E-state index in [9.17, 15) is 9.59 Å². The Morgan fingerprint density at radius 2 is 2.11 bits per heavy atom. The van der Waals surface area contributed by atoms with Crippen molar-refractivity contribution in [3.63, 3.8) is 0 Å². The lowest BCUT2D eigenvalue weighted by molar-refractivity contribution is -0.139. The van der Waals surface area contributed by atoms with E-state index in [0.717, 1.165) is 0 Å². The zero-order chi connectivity index (χ0) is 13.5. The molecular formula is C12H14ClNO4. The summed E-state index contributed by atoms with van der Waals surface area (Å²) >= 11 is 5.87. The van der Waals surface area contributed by atoms with Gasteiger partial charge >= 0.3 is 5.97 Å². The summed E-state index contributed by atoms with van der Waals surface area (Å²) in [5.41, 5.74) is 0.351. The van der Waals surface area contributed by atoms with E-state index in [1.807, 2.05) is 0 Å². The number of rotatable bonds is 6. The van der Waals surface area contributed by atoms with Gasteiger partial charge in [0.15, 0.2) is 0 Å². The van der Waals surface area contributed by atoms with Crippen LogP contribution in [0.5, 0.6) is 0 Å². The van der Waals surface area contributed by atoms with E-state index in [2.05, 4.69) is 5.32 Å². The molecule has 0 spiro atoms. The second-order valence-electron chi connectivity index (χ2n) is 3.65. The topological polar surface area (TPSA) is 75.6 Å². The molecule has 18 heavy (non-hydrogen) atoms. The lowest BCUT2D eigenvalue weighted by Gasteiger charge is -2.14. The molecule has 1 aromatic carbocycles. The van der Waals surface area contributed by atoms with Gasteiger partial charge in [0.05, 0.1) is 23.1 Å². The van der Waals surface area contributed by atoms with Crippen molar-refractivity contribution in [1.29, 1.82) is 0 Å². The van der Waals surface area contributed by atoms with Crippen molar-refractivity contribution in [3.05, 3.63) is 34.9 Å². The van der Waals surface area contributed by atoms with Crippen LogP contribution in [0.2, 0.25) is 5.02 Å². The molecule has 1 aromatic rings. The molecule has 0 heterocycles. The highest BCUT2D eigenvalue weighted by atomic mass is 35.5. The summed E-state index contributed by atoms with van der Waals surface area (Å²) in [6.07, 6.45) is -0.729. The molecule has 0 saturated carbocycles. The highest BCUT2D eigenvalue weighted by molar-refractivity contribution is 6.33. The normalized spacial score (nSPS) is 11.9. The molecular weight excluding hydrogens is 258 g/mol. The van der Waals surface area contributed by atoms with Gasteiger partial charge in [-0.15, -0.1) is 0 Å². The number of carbonyl (C=O) groups excluding carboxylic acids is 1. The first-order valence-corrected chi connectivity index (χ1v) is 5.69. The number of hydrogen-bond acceptors (Lipinski definition) is 3. The van der Waals surface area contributed by atoms with Crippen molar-refractivity contribution in [2.75, 3.05) is 13.7 Å². The quantitative estimate of drug-likeness (QED) is 0.823. The van der Waals surface area contributed by atoms with Crippen LogP contribution in [-0.4, -0.2) is 36.7 Å².